The number of hydrogen-bond donors (Lipinski definition) is 1. The fraction of sp³-hybridized carbons (Fsp3) is 0.462. The molecule has 1 aliphatic heterocycles. The van der Waals surface area contributed by atoms with Crippen molar-refractivity contribution in [1.82, 2.24) is 4.90 Å². The van der Waals surface area contributed by atoms with Crippen molar-refractivity contribution < 1.29 is 13.9 Å². The Morgan fingerprint density at radius 2 is 2.28 bits per heavy atom. The summed E-state index contributed by atoms with van der Waals surface area (Å²) >= 11 is 0. The van der Waals surface area contributed by atoms with Gasteiger partial charge in [0.15, 0.2) is 18.2 Å². The second-order valence-corrected chi connectivity index (χ2v) is 4.45. The number of ether oxygens (including phenoxy) is 1. The molecule has 2 N–H and O–H groups in total. The maximum absolute atomic E-state index is 13.3. The van der Waals surface area contributed by atoms with Crippen LogP contribution >= 0.6 is 0 Å². The van der Waals surface area contributed by atoms with Crippen LogP contribution in [0.15, 0.2) is 24.3 Å². The summed E-state index contributed by atoms with van der Waals surface area (Å²) in [5, 5.41) is 0. The zero-order valence-corrected chi connectivity index (χ0v) is 10.1. The lowest BCUT2D eigenvalue weighted by Crippen LogP contribution is -2.33. The zero-order chi connectivity index (χ0) is 13.0. The van der Waals surface area contributed by atoms with E-state index in [-0.39, 0.29) is 18.3 Å². The molecule has 1 fully saturated rings. The van der Waals surface area contributed by atoms with Gasteiger partial charge < -0.3 is 15.4 Å². The minimum absolute atomic E-state index is 0.112. The molecule has 0 saturated carbocycles. The molecule has 1 amide bonds. The number of nitrogens with two attached hydrogens (primary N) is 1. The number of carbonyl (C=O) groups is 1. The van der Waals surface area contributed by atoms with Gasteiger partial charge in [0.25, 0.3) is 5.91 Å². The van der Waals surface area contributed by atoms with Crippen LogP contribution in [0.1, 0.15) is 6.42 Å². The summed E-state index contributed by atoms with van der Waals surface area (Å²) in [5.41, 5.74) is 5.56. The topological polar surface area (TPSA) is 55.6 Å². The molecule has 0 bridgehead atoms. The Kier molecular flexibility index (Phi) is 4.15. The summed E-state index contributed by atoms with van der Waals surface area (Å²) in [6, 6.07) is 6.06. The first kappa shape index (κ1) is 12.8. The molecule has 1 unspecified atom stereocenters. The normalized spacial score (nSPS) is 19.0. The number of rotatable bonds is 4. The number of amides is 1. The molecule has 1 atom stereocenters. The van der Waals surface area contributed by atoms with Gasteiger partial charge in [-0.25, -0.2) is 4.39 Å². The third-order valence-corrected chi connectivity index (χ3v) is 3.16. The molecule has 1 aromatic carbocycles. The Morgan fingerprint density at radius 3 is 2.94 bits per heavy atom. The summed E-state index contributed by atoms with van der Waals surface area (Å²) in [5.74, 6) is -0.0800. The quantitative estimate of drug-likeness (QED) is 0.870. The highest BCUT2D eigenvalue weighted by atomic mass is 19.1. The number of hydrogen-bond acceptors (Lipinski definition) is 3. The lowest BCUT2D eigenvalue weighted by atomic mass is 10.1. The van der Waals surface area contributed by atoms with E-state index in [1.54, 1.807) is 17.0 Å². The minimum atomic E-state index is -0.452. The highest BCUT2D eigenvalue weighted by Crippen LogP contribution is 2.17. The molecule has 4 nitrogen and oxygen atoms in total. The van der Waals surface area contributed by atoms with Gasteiger partial charge in [-0.2, -0.15) is 0 Å². The van der Waals surface area contributed by atoms with Crippen LogP contribution < -0.4 is 10.5 Å². The van der Waals surface area contributed by atoms with E-state index in [1.165, 1.54) is 12.1 Å². The second kappa shape index (κ2) is 5.82. The molecule has 1 aliphatic rings. The maximum atomic E-state index is 13.3. The van der Waals surface area contributed by atoms with Gasteiger partial charge in [-0.3, -0.25) is 4.79 Å². The van der Waals surface area contributed by atoms with Crippen LogP contribution in [0.3, 0.4) is 0 Å². The molecule has 18 heavy (non-hydrogen) atoms. The zero-order valence-electron chi connectivity index (χ0n) is 10.1. The number of likely N-dealkylation sites (tertiary alicyclic amines) is 1. The van der Waals surface area contributed by atoms with E-state index in [0.717, 1.165) is 6.42 Å². The molecule has 1 saturated heterocycles. The average Bonchev–Trinajstić information content (AvgIpc) is 2.86. The van der Waals surface area contributed by atoms with Crippen molar-refractivity contribution in [3.8, 4) is 5.75 Å². The molecule has 1 heterocycles. The van der Waals surface area contributed by atoms with Crippen LogP contribution in [-0.2, 0) is 4.79 Å². The predicted octanol–water partition coefficient (Wildman–Crippen LogP) is 1.01. The van der Waals surface area contributed by atoms with Crippen molar-refractivity contribution in [2.24, 2.45) is 11.7 Å². The molecule has 0 aliphatic carbocycles. The van der Waals surface area contributed by atoms with E-state index in [0.29, 0.717) is 25.6 Å². The van der Waals surface area contributed by atoms with E-state index >= 15 is 0 Å². The van der Waals surface area contributed by atoms with Crippen molar-refractivity contribution in [2.45, 2.75) is 6.42 Å². The molecule has 5 heteroatoms. The fourth-order valence-corrected chi connectivity index (χ4v) is 2.04. The fourth-order valence-electron chi connectivity index (χ4n) is 2.04. The Hall–Kier alpha value is -1.62. The van der Waals surface area contributed by atoms with Gasteiger partial charge in [0, 0.05) is 13.1 Å². The van der Waals surface area contributed by atoms with Crippen molar-refractivity contribution >= 4 is 5.91 Å². The SMILES string of the molecule is NCC1CCN(C(=O)COc2ccccc2F)C1. The minimum Gasteiger partial charge on any atom is -0.481 e. The van der Waals surface area contributed by atoms with Gasteiger partial charge >= 0.3 is 0 Å². The molecule has 0 radical (unpaired) electrons. The van der Waals surface area contributed by atoms with Crippen molar-refractivity contribution in [1.29, 1.82) is 0 Å². The first-order valence-corrected chi connectivity index (χ1v) is 6.06. The van der Waals surface area contributed by atoms with Crippen LogP contribution in [0, 0.1) is 11.7 Å². The second-order valence-electron chi connectivity index (χ2n) is 4.45. The molecule has 2 rings (SSSR count). The number of nitrogens with zero attached hydrogens (tertiary/aromatic N) is 1. The van der Waals surface area contributed by atoms with Gasteiger partial charge in [0.1, 0.15) is 0 Å². The number of para-hydroxylation sites is 1. The lowest BCUT2D eigenvalue weighted by Gasteiger charge is -2.16. The van der Waals surface area contributed by atoms with Crippen LogP contribution in [0.25, 0.3) is 0 Å². The van der Waals surface area contributed by atoms with Gasteiger partial charge in [0.05, 0.1) is 0 Å². The van der Waals surface area contributed by atoms with E-state index in [1.807, 2.05) is 0 Å². The summed E-state index contributed by atoms with van der Waals surface area (Å²) in [4.78, 5) is 13.5. The lowest BCUT2D eigenvalue weighted by molar-refractivity contribution is -0.132. The van der Waals surface area contributed by atoms with Gasteiger partial charge in [-0.1, -0.05) is 12.1 Å². The molecular weight excluding hydrogens is 235 g/mol. The van der Waals surface area contributed by atoms with Gasteiger partial charge in [0.2, 0.25) is 0 Å². The van der Waals surface area contributed by atoms with Crippen molar-refractivity contribution in [3.05, 3.63) is 30.1 Å². The Bertz CT molecular complexity index is 425. The Morgan fingerprint density at radius 1 is 1.50 bits per heavy atom. The van der Waals surface area contributed by atoms with Crippen LogP contribution in [0.4, 0.5) is 4.39 Å². The van der Waals surface area contributed by atoms with E-state index in [4.69, 9.17) is 10.5 Å². The summed E-state index contributed by atoms with van der Waals surface area (Å²) < 4.78 is 18.4. The Balaban J connectivity index is 1.84. The highest BCUT2D eigenvalue weighted by molar-refractivity contribution is 5.78. The molecular formula is C13H17FN2O2. The molecule has 0 aromatic heterocycles. The van der Waals surface area contributed by atoms with E-state index < -0.39 is 5.82 Å². The molecule has 0 spiro atoms. The predicted molar refractivity (Wildman–Crippen MR) is 65.6 cm³/mol. The number of halogens is 1. The summed E-state index contributed by atoms with van der Waals surface area (Å²) in [7, 11) is 0. The summed E-state index contributed by atoms with van der Waals surface area (Å²) in [6.45, 7) is 1.85. The summed E-state index contributed by atoms with van der Waals surface area (Å²) in [6.07, 6.45) is 0.932. The van der Waals surface area contributed by atoms with Crippen LogP contribution in [0.5, 0.6) is 5.75 Å². The Labute approximate surface area is 106 Å². The standard InChI is InChI=1S/C13H17FN2O2/c14-11-3-1-2-4-12(11)18-9-13(17)16-6-5-10(7-15)8-16/h1-4,10H,5-9,15H2. The first-order chi connectivity index (χ1) is 8.70. The monoisotopic (exact) mass is 252 g/mol. The maximum Gasteiger partial charge on any atom is 0.260 e. The number of carbonyl (C=O) groups excluding carboxylic acids is 1. The van der Waals surface area contributed by atoms with Crippen LogP contribution in [-0.4, -0.2) is 37.0 Å². The van der Waals surface area contributed by atoms with Gasteiger partial charge in [-0.15, -0.1) is 0 Å². The third kappa shape index (κ3) is 2.98. The van der Waals surface area contributed by atoms with Crippen LogP contribution in [0.2, 0.25) is 0 Å². The first-order valence-electron chi connectivity index (χ1n) is 6.06. The van der Waals surface area contributed by atoms with E-state index in [9.17, 15) is 9.18 Å². The van der Waals surface area contributed by atoms with Crippen molar-refractivity contribution in [2.75, 3.05) is 26.2 Å². The number of benzene rings is 1. The highest BCUT2D eigenvalue weighted by Gasteiger charge is 2.25. The van der Waals surface area contributed by atoms with E-state index in [2.05, 4.69) is 0 Å². The molecule has 1 aromatic rings. The molecule has 98 valence electrons. The largest absolute Gasteiger partial charge is 0.481 e. The third-order valence-electron chi connectivity index (χ3n) is 3.16. The van der Waals surface area contributed by atoms with Crippen molar-refractivity contribution in [3.63, 3.8) is 0 Å². The average molecular weight is 252 g/mol. The van der Waals surface area contributed by atoms with Gasteiger partial charge in [-0.05, 0) is 31.0 Å². The smallest absolute Gasteiger partial charge is 0.260 e.